The Hall–Kier alpha value is -3.15. The van der Waals surface area contributed by atoms with E-state index in [1.807, 2.05) is 54.6 Å². The van der Waals surface area contributed by atoms with Gasteiger partial charge in [-0.3, -0.25) is 0 Å². The largest absolute Gasteiger partial charge is 0.482 e. The van der Waals surface area contributed by atoms with Crippen molar-refractivity contribution in [3.63, 3.8) is 0 Å². The Kier molecular flexibility index (Phi) is 3.27. The van der Waals surface area contributed by atoms with Crippen LogP contribution in [0.2, 0.25) is 0 Å². The average molecular weight is 306 g/mol. The summed E-state index contributed by atoms with van der Waals surface area (Å²) in [6.45, 7) is 0. The van der Waals surface area contributed by atoms with Gasteiger partial charge in [0.1, 0.15) is 30.2 Å². The normalized spacial score (nSPS) is 21.7. The lowest BCUT2D eigenvalue weighted by Crippen LogP contribution is -2.34. The Balaban J connectivity index is 1.90. The number of fused-ring (bicyclic) bond motifs is 1. The molecule has 0 radical (unpaired) electrons. The molecule has 23 heavy (non-hydrogen) atoms. The van der Waals surface area contributed by atoms with Gasteiger partial charge in [-0.15, -0.1) is 0 Å². The predicted octanol–water partition coefficient (Wildman–Crippen LogP) is 2.83. The Morgan fingerprint density at radius 3 is 2.57 bits per heavy atom. The topological polar surface area (TPSA) is 72.5 Å². The molecule has 0 unspecified atom stereocenters. The molecule has 1 aromatic heterocycles. The third-order valence-corrected chi connectivity index (χ3v) is 3.94. The van der Waals surface area contributed by atoms with Crippen molar-refractivity contribution in [3.05, 3.63) is 78.4 Å². The van der Waals surface area contributed by atoms with Crippen LogP contribution in [-0.2, 0) is 0 Å². The van der Waals surface area contributed by atoms with Crippen LogP contribution >= 0.6 is 0 Å². The minimum absolute atomic E-state index is 0.362. The SMILES string of the molecule is O/N=C1/c2ccccc2O[C@@H](c2ccccc2)[C@@H]1n1cncn1. The van der Waals surface area contributed by atoms with Gasteiger partial charge in [-0.25, -0.2) is 9.67 Å². The Morgan fingerprint density at radius 1 is 1.04 bits per heavy atom. The molecule has 6 nitrogen and oxygen atoms in total. The van der Waals surface area contributed by atoms with Crippen molar-refractivity contribution in [2.24, 2.45) is 5.16 Å². The van der Waals surface area contributed by atoms with Crippen LogP contribution in [0.4, 0.5) is 0 Å². The molecular weight excluding hydrogens is 292 g/mol. The molecule has 0 saturated heterocycles. The molecule has 2 aromatic carbocycles. The standard InChI is InChI=1S/C17H14N4O2/c22-20-15-13-8-4-5-9-14(13)23-17(12-6-2-1-3-7-12)16(15)21-11-18-10-19-21/h1-11,16-17,22H/b20-15-/t16-,17+/m1/s1. The highest BCUT2D eigenvalue weighted by Gasteiger charge is 2.38. The molecule has 6 heteroatoms. The van der Waals surface area contributed by atoms with E-state index in [1.54, 1.807) is 11.0 Å². The first-order chi connectivity index (χ1) is 11.4. The summed E-state index contributed by atoms with van der Waals surface area (Å²) < 4.78 is 7.86. The van der Waals surface area contributed by atoms with Gasteiger partial charge in [0.15, 0.2) is 6.10 Å². The second kappa shape index (κ2) is 5.57. The summed E-state index contributed by atoms with van der Waals surface area (Å²) in [6, 6.07) is 16.9. The van der Waals surface area contributed by atoms with Gasteiger partial charge in [-0.2, -0.15) is 5.10 Å². The molecule has 2 atom stereocenters. The third kappa shape index (κ3) is 2.24. The van der Waals surface area contributed by atoms with Crippen LogP contribution in [0.25, 0.3) is 0 Å². The fourth-order valence-corrected chi connectivity index (χ4v) is 2.92. The molecule has 0 saturated carbocycles. The van der Waals surface area contributed by atoms with Crippen molar-refractivity contribution in [2.45, 2.75) is 12.1 Å². The van der Waals surface area contributed by atoms with Crippen molar-refractivity contribution in [2.75, 3.05) is 0 Å². The zero-order chi connectivity index (χ0) is 15.6. The molecule has 1 aliphatic heterocycles. The second-order valence-electron chi connectivity index (χ2n) is 5.25. The van der Waals surface area contributed by atoms with Crippen molar-refractivity contribution in [1.29, 1.82) is 0 Å². The summed E-state index contributed by atoms with van der Waals surface area (Å²) in [7, 11) is 0. The Morgan fingerprint density at radius 2 is 1.83 bits per heavy atom. The highest BCUT2D eigenvalue weighted by atomic mass is 16.5. The number of rotatable bonds is 2. The van der Waals surface area contributed by atoms with Gasteiger partial charge in [0.05, 0.1) is 0 Å². The summed E-state index contributed by atoms with van der Waals surface area (Å²) >= 11 is 0. The molecule has 4 rings (SSSR count). The van der Waals surface area contributed by atoms with Gasteiger partial charge in [0, 0.05) is 5.56 Å². The van der Waals surface area contributed by atoms with E-state index in [9.17, 15) is 5.21 Å². The summed E-state index contributed by atoms with van der Waals surface area (Å²) in [5.74, 6) is 0.686. The Bertz CT molecular complexity index is 831. The Labute approximate surface area is 132 Å². The number of ether oxygens (including phenoxy) is 1. The second-order valence-corrected chi connectivity index (χ2v) is 5.25. The van der Waals surface area contributed by atoms with Crippen LogP contribution in [0.5, 0.6) is 5.75 Å². The highest BCUT2D eigenvalue weighted by molar-refractivity contribution is 6.06. The van der Waals surface area contributed by atoms with Crippen LogP contribution in [0.1, 0.15) is 23.3 Å². The molecule has 3 aromatic rings. The molecule has 2 heterocycles. The first kappa shape index (κ1) is 13.5. The summed E-state index contributed by atoms with van der Waals surface area (Å²) in [5, 5.41) is 17.4. The van der Waals surface area contributed by atoms with E-state index in [-0.39, 0.29) is 6.10 Å². The first-order valence-corrected chi connectivity index (χ1v) is 7.25. The fraction of sp³-hybridized carbons (Fsp3) is 0.118. The number of oxime groups is 1. The maximum absolute atomic E-state index is 9.64. The van der Waals surface area contributed by atoms with Crippen LogP contribution in [0.15, 0.2) is 72.4 Å². The zero-order valence-corrected chi connectivity index (χ0v) is 12.1. The average Bonchev–Trinajstić information content (AvgIpc) is 3.15. The van der Waals surface area contributed by atoms with Crippen LogP contribution in [0, 0.1) is 0 Å². The van der Waals surface area contributed by atoms with Crippen LogP contribution in [-0.4, -0.2) is 25.7 Å². The molecule has 0 spiro atoms. The molecule has 1 N–H and O–H groups in total. The smallest absolute Gasteiger partial charge is 0.152 e. The van der Waals surface area contributed by atoms with Gasteiger partial charge in [-0.05, 0) is 17.7 Å². The van der Waals surface area contributed by atoms with E-state index in [2.05, 4.69) is 15.2 Å². The minimum Gasteiger partial charge on any atom is -0.482 e. The summed E-state index contributed by atoms with van der Waals surface area (Å²) in [5.41, 5.74) is 2.23. The van der Waals surface area contributed by atoms with Crippen molar-refractivity contribution >= 4 is 5.71 Å². The van der Waals surface area contributed by atoms with Gasteiger partial charge >= 0.3 is 0 Å². The number of hydrogen-bond acceptors (Lipinski definition) is 5. The van der Waals surface area contributed by atoms with Gasteiger partial charge in [0.2, 0.25) is 0 Å². The van der Waals surface area contributed by atoms with E-state index in [0.717, 1.165) is 11.1 Å². The minimum atomic E-state index is -0.403. The molecule has 114 valence electrons. The van der Waals surface area contributed by atoms with Crippen molar-refractivity contribution in [3.8, 4) is 5.75 Å². The lowest BCUT2D eigenvalue weighted by atomic mass is 9.91. The van der Waals surface area contributed by atoms with Gasteiger partial charge in [-0.1, -0.05) is 47.6 Å². The van der Waals surface area contributed by atoms with Crippen molar-refractivity contribution in [1.82, 2.24) is 14.8 Å². The monoisotopic (exact) mass is 306 g/mol. The van der Waals surface area contributed by atoms with Gasteiger partial charge in [0.25, 0.3) is 0 Å². The maximum Gasteiger partial charge on any atom is 0.152 e. The van der Waals surface area contributed by atoms with E-state index >= 15 is 0 Å². The highest BCUT2D eigenvalue weighted by Crippen LogP contribution is 2.41. The first-order valence-electron chi connectivity index (χ1n) is 7.25. The lowest BCUT2D eigenvalue weighted by molar-refractivity contribution is 0.151. The fourth-order valence-electron chi connectivity index (χ4n) is 2.92. The lowest BCUT2D eigenvalue weighted by Gasteiger charge is -2.34. The summed E-state index contributed by atoms with van der Waals surface area (Å²) in [4.78, 5) is 4.01. The zero-order valence-electron chi connectivity index (χ0n) is 12.1. The number of hydrogen-bond donors (Lipinski definition) is 1. The van der Waals surface area contributed by atoms with Gasteiger partial charge < -0.3 is 9.94 Å². The molecule has 0 amide bonds. The molecule has 0 aliphatic carbocycles. The van der Waals surface area contributed by atoms with Crippen LogP contribution in [0.3, 0.4) is 0 Å². The number of aromatic nitrogens is 3. The van der Waals surface area contributed by atoms with Crippen molar-refractivity contribution < 1.29 is 9.94 Å². The van der Waals surface area contributed by atoms with E-state index < -0.39 is 6.04 Å². The van der Waals surface area contributed by atoms with E-state index in [1.165, 1.54) is 6.33 Å². The quantitative estimate of drug-likeness (QED) is 0.583. The molecule has 0 fully saturated rings. The number of para-hydroxylation sites is 1. The van der Waals surface area contributed by atoms with E-state index in [4.69, 9.17) is 4.74 Å². The van der Waals surface area contributed by atoms with Crippen LogP contribution < -0.4 is 4.74 Å². The third-order valence-electron chi connectivity index (χ3n) is 3.94. The maximum atomic E-state index is 9.64. The number of benzene rings is 2. The number of nitrogens with zero attached hydrogens (tertiary/aromatic N) is 4. The summed E-state index contributed by atoms with van der Waals surface area (Å²) in [6.07, 6.45) is 2.69. The molecule has 0 bridgehead atoms. The van der Waals surface area contributed by atoms with E-state index in [0.29, 0.717) is 11.5 Å². The predicted molar refractivity (Wildman–Crippen MR) is 83.6 cm³/mol. The molecule has 1 aliphatic rings. The molecular formula is C17H14N4O2.